The molecular weight excluding hydrogens is 320 g/mol. The quantitative estimate of drug-likeness (QED) is 0.479. The predicted molar refractivity (Wildman–Crippen MR) is 67.7 cm³/mol. The minimum Gasteiger partial charge on any atom is -0.466 e. The minimum absolute atomic E-state index is 0.0211. The van der Waals surface area contributed by atoms with Crippen molar-refractivity contribution < 1.29 is 23.8 Å². The lowest BCUT2D eigenvalue weighted by Crippen LogP contribution is -2.37. The normalized spacial score (nSPS) is 10.2. The van der Waals surface area contributed by atoms with Crippen LogP contribution < -0.4 is 4.74 Å². The maximum absolute atomic E-state index is 11.4. The molecule has 6 nitrogen and oxygen atoms in total. The van der Waals surface area contributed by atoms with Gasteiger partial charge >= 0.3 is 11.9 Å². The van der Waals surface area contributed by atoms with Crippen molar-refractivity contribution >= 4 is 46.7 Å². The summed E-state index contributed by atoms with van der Waals surface area (Å²) in [4.78, 5) is 26.5. The van der Waals surface area contributed by atoms with Crippen LogP contribution in [-0.4, -0.2) is 37.2 Å². The molecule has 19 heavy (non-hydrogen) atoms. The molecule has 0 N–H and O–H groups in total. The van der Waals surface area contributed by atoms with Crippen molar-refractivity contribution in [3.05, 3.63) is 21.3 Å². The Morgan fingerprint density at radius 1 is 1.11 bits per heavy atom. The van der Waals surface area contributed by atoms with Gasteiger partial charge in [-0.05, 0) is 6.07 Å². The molecule has 1 heterocycles. The number of halogens is 3. The summed E-state index contributed by atoms with van der Waals surface area (Å²) >= 11 is 17.2. The lowest BCUT2D eigenvalue weighted by atomic mass is 10.3. The van der Waals surface area contributed by atoms with Crippen LogP contribution in [0.5, 0.6) is 5.88 Å². The van der Waals surface area contributed by atoms with Gasteiger partial charge in [0.25, 0.3) is 6.10 Å². The molecule has 0 aliphatic heterocycles. The van der Waals surface area contributed by atoms with Gasteiger partial charge in [-0.2, -0.15) is 4.98 Å². The summed E-state index contributed by atoms with van der Waals surface area (Å²) in [5.74, 6) is -2.16. The van der Waals surface area contributed by atoms with Crippen LogP contribution in [-0.2, 0) is 19.1 Å². The molecule has 0 saturated carbocycles. The van der Waals surface area contributed by atoms with Crippen molar-refractivity contribution in [2.45, 2.75) is 6.10 Å². The third kappa shape index (κ3) is 3.86. The Bertz CT molecular complexity index is 492. The fourth-order valence-electron chi connectivity index (χ4n) is 1.03. The molecule has 0 atom stereocenters. The molecule has 0 spiro atoms. The average Bonchev–Trinajstić information content (AvgIpc) is 2.39. The van der Waals surface area contributed by atoms with Crippen molar-refractivity contribution in [3.63, 3.8) is 0 Å². The highest BCUT2D eigenvalue weighted by Crippen LogP contribution is 2.31. The Kier molecular flexibility index (Phi) is 5.65. The number of methoxy groups -OCH3 is 2. The molecule has 0 aliphatic rings. The van der Waals surface area contributed by atoms with E-state index >= 15 is 0 Å². The molecule has 9 heteroatoms. The second-order valence-corrected chi connectivity index (χ2v) is 4.26. The van der Waals surface area contributed by atoms with Crippen LogP contribution in [0.4, 0.5) is 0 Å². The van der Waals surface area contributed by atoms with Crippen LogP contribution in [0.1, 0.15) is 0 Å². The highest BCUT2D eigenvalue weighted by Gasteiger charge is 2.32. The van der Waals surface area contributed by atoms with E-state index in [0.717, 1.165) is 14.2 Å². The van der Waals surface area contributed by atoms with Crippen molar-refractivity contribution in [3.8, 4) is 5.88 Å². The fraction of sp³-hybridized carbons (Fsp3) is 0.300. The highest BCUT2D eigenvalue weighted by atomic mass is 35.5. The zero-order valence-electron chi connectivity index (χ0n) is 9.78. The first-order valence-corrected chi connectivity index (χ1v) is 5.88. The molecule has 0 amide bonds. The molecule has 0 radical (unpaired) electrons. The van der Waals surface area contributed by atoms with E-state index in [1.54, 1.807) is 0 Å². The van der Waals surface area contributed by atoms with Gasteiger partial charge in [-0.25, -0.2) is 9.59 Å². The number of ether oxygens (including phenoxy) is 3. The molecule has 0 aliphatic carbocycles. The number of carbonyl (C=O) groups is 2. The smallest absolute Gasteiger partial charge is 0.359 e. The number of pyridine rings is 1. The van der Waals surface area contributed by atoms with Gasteiger partial charge in [0.1, 0.15) is 5.02 Å². The first kappa shape index (κ1) is 15.8. The summed E-state index contributed by atoms with van der Waals surface area (Å²) in [7, 11) is 2.18. The van der Waals surface area contributed by atoms with Crippen LogP contribution in [0.15, 0.2) is 6.07 Å². The predicted octanol–water partition coefficient (Wildman–Crippen LogP) is 2.14. The molecule has 0 unspecified atom stereocenters. The monoisotopic (exact) mass is 327 g/mol. The average molecular weight is 329 g/mol. The van der Waals surface area contributed by atoms with Crippen LogP contribution in [0.25, 0.3) is 0 Å². The van der Waals surface area contributed by atoms with E-state index in [1.807, 2.05) is 0 Å². The third-order valence-corrected chi connectivity index (χ3v) is 2.86. The Labute approximate surface area is 123 Å². The SMILES string of the molecule is COC(=O)C(Oc1nc(Cl)c(Cl)cc1Cl)C(=O)OC. The molecule has 0 saturated heterocycles. The van der Waals surface area contributed by atoms with Crippen molar-refractivity contribution in [2.24, 2.45) is 0 Å². The van der Waals surface area contributed by atoms with Crippen LogP contribution in [0.2, 0.25) is 15.2 Å². The first-order chi connectivity index (χ1) is 8.90. The van der Waals surface area contributed by atoms with Gasteiger partial charge in [0.2, 0.25) is 5.88 Å². The number of aromatic nitrogens is 1. The van der Waals surface area contributed by atoms with Crippen molar-refractivity contribution in [1.82, 2.24) is 4.98 Å². The number of hydrogen-bond donors (Lipinski definition) is 0. The topological polar surface area (TPSA) is 74.7 Å². The van der Waals surface area contributed by atoms with Crippen molar-refractivity contribution in [1.29, 1.82) is 0 Å². The van der Waals surface area contributed by atoms with Gasteiger partial charge in [-0.15, -0.1) is 0 Å². The van der Waals surface area contributed by atoms with E-state index in [4.69, 9.17) is 39.5 Å². The van der Waals surface area contributed by atoms with Gasteiger partial charge in [-0.3, -0.25) is 0 Å². The maximum atomic E-state index is 11.4. The summed E-state index contributed by atoms with van der Waals surface area (Å²) in [6.45, 7) is 0. The van der Waals surface area contributed by atoms with Crippen LogP contribution in [0, 0.1) is 0 Å². The Hall–Kier alpha value is -1.24. The molecule has 0 bridgehead atoms. The van der Waals surface area contributed by atoms with E-state index in [-0.39, 0.29) is 21.1 Å². The van der Waals surface area contributed by atoms with E-state index < -0.39 is 18.0 Å². The fourth-order valence-corrected chi connectivity index (χ4v) is 1.56. The molecule has 1 aromatic rings. The number of esters is 2. The Morgan fingerprint density at radius 2 is 1.63 bits per heavy atom. The zero-order chi connectivity index (χ0) is 14.6. The number of nitrogens with zero attached hydrogens (tertiary/aromatic N) is 1. The lowest BCUT2D eigenvalue weighted by Gasteiger charge is -2.15. The van der Waals surface area contributed by atoms with E-state index in [0.29, 0.717) is 0 Å². The van der Waals surface area contributed by atoms with Gasteiger partial charge in [-0.1, -0.05) is 34.8 Å². The number of rotatable bonds is 4. The minimum atomic E-state index is -1.66. The molecule has 1 aromatic heterocycles. The summed E-state index contributed by atoms with van der Waals surface area (Å²) in [6.07, 6.45) is -1.66. The van der Waals surface area contributed by atoms with Gasteiger partial charge in [0.05, 0.1) is 19.2 Å². The van der Waals surface area contributed by atoms with E-state index in [1.165, 1.54) is 6.07 Å². The first-order valence-electron chi connectivity index (χ1n) is 4.74. The lowest BCUT2D eigenvalue weighted by molar-refractivity contribution is -0.163. The summed E-state index contributed by atoms with van der Waals surface area (Å²) < 4.78 is 13.9. The Morgan fingerprint density at radius 3 is 2.11 bits per heavy atom. The third-order valence-electron chi connectivity index (χ3n) is 1.91. The second-order valence-electron chi connectivity index (χ2n) is 3.09. The zero-order valence-corrected chi connectivity index (χ0v) is 12.0. The summed E-state index contributed by atoms with van der Waals surface area (Å²) in [5, 5.41) is -0.00606. The molecular formula is C10H8Cl3NO5. The largest absolute Gasteiger partial charge is 0.466 e. The van der Waals surface area contributed by atoms with E-state index in [9.17, 15) is 9.59 Å². The number of carbonyl (C=O) groups excluding carboxylic acids is 2. The molecule has 0 aromatic carbocycles. The molecule has 0 fully saturated rings. The Balaban J connectivity index is 3.06. The number of hydrogen-bond acceptors (Lipinski definition) is 6. The van der Waals surface area contributed by atoms with Crippen LogP contribution >= 0.6 is 34.8 Å². The molecule has 1 rings (SSSR count). The second kappa shape index (κ2) is 6.79. The highest BCUT2D eigenvalue weighted by molar-refractivity contribution is 6.42. The van der Waals surface area contributed by atoms with Gasteiger partial charge in [0.15, 0.2) is 5.15 Å². The standard InChI is InChI=1S/C10H8Cl3NO5/c1-17-9(15)6(10(16)18-2)19-8-5(12)3-4(11)7(13)14-8/h3,6H,1-2H3. The summed E-state index contributed by atoms with van der Waals surface area (Å²) in [6, 6.07) is 1.26. The molecule has 104 valence electrons. The van der Waals surface area contributed by atoms with E-state index in [2.05, 4.69) is 14.5 Å². The van der Waals surface area contributed by atoms with Gasteiger partial charge < -0.3 is 14.2 Å². The van der Waals surface area contributed by atoms with Crippen LogP contribution in [0.3, 0.4) is 0 Å². The summed E-state index contributed by atoms with van der Waals surface area (Å²) in [5.41, 5.74) is 0. The maximum Gasteiger partial charge on any atom is 0.359 e. The van der Waals surface area contributed by atoms with Crippen molar-refractivity contribution in [2.75, 3.05) is 14.2 Å². The van der Waals surface area contributed by atoms with Gasteiger partial charge in [0, 0.05) is 0 Å².